The normalized spacial score (nSPS) is 9.00. The molecule has 13 heavy (non-hydrogen) atoms. The summed E-state index contributed by atoms with van der Waals surface area (Å²) in [5.41, 5.74) is -0.374. The number of nitro benzene ring substituents is 1. The van der Waals surface area contributed by atoms with E-state index in [9.17, 15) is 14.5 Å². The molecule has 0 unspecified atom stereocenters. The molecule has 0 spiro atoms. The van der Waals surface area contributed by atoms with E-state index in [0.29, 0.717) is 0 Å². The highest BCUT2D eigenvalue weighted by Crippen LogP contribution is 2.22. The standard InChI is InChI=1S/C7H3FN2O2S/c8-6-3-5(10(11)12)1-2-7(6)9-4-13/h1-3H. The van der Waals surface area contributed by atoms with Crippen LogP contribution in [0.2, 0.25) is 0 Å². The van der Waals surface area contributed by atoms with Crippen molar-refractivity contribution in [1.82, 2.24) is 0 Å². The first-order chi connectivity index (χ1) is 6.15. The van der Waals surface area contributed by atoms with Crippen LogP contribution in [0.15, 0.2) is 23.2 Å². The lowest BCUT2D eigenvalue weighted by molar-refractivity contribution is -0.385. The highest BCUT2D eigenvalue weighted by atomic mass is 32.1. The van der Waals surface area contributed by atoms with E-state index in [0.717, 1.165) is 12.1 Å². The summed E-state index contributed by atoms with van der Waals surface area (Å²) in [6.07, 6.45) is 0. The summed E-state index contributed by atoms with van der Waals surface area (Å²) < 4.78 is 12.9. The molecule has 0 atom stereocenters. The first kappa shape index (κ1) is 9.44. The van der Waals surface area contributed by atoms with E-state index < -0.39 is 10.7 Å². The van der Waals surface area contributed by atoms with Gasteiger partial charge in [0.15, 0.2) is 5.82 Å². The molecule has 0 aliphatic heterocycles. The second-order valence-corrected chi connectivity index (χ2v) is 2.28. The SMILES string of the molecule is O=[N+]([O-])c1ccc(N=C=S)c(F)c1. The number of hydrogen-bond acceptors (Lipinski definition) is 4. The maximum atomic E-state index is 12.9. The largest absolute Gasteiger partial charge is 0.272 e. The van der Waals surface area contributed by atoms with Crippen molar-refractivity contribution in [2.45, 2.75) is 0 Å². The highest BCUT2D eigenvalue weighted by molar-refractivity contribution is 7.78. The van der Waals surface area contributed by atoms with Crippen molar-refractivity contribution in [1.29, 1.82) is 0 Å². The van der Waals surface area contributed by atoms with Gasteiger partial charge in [0.05, 0.1) is 16.2 Å². The molecule has 0 saturated carbocycles. The summed E-state index contributed by atoms with van der Waals surface area (Å²) in [6.45, 7) is 0. The summed E-state index contributed by atoms with van der Waals surface area (Å²) in [7, 11) is 0. The molecule has 4 nitrogen and oxygen atoms in total. The minimum atomic E-state index is -0.786. The van der Waals surface area contributed by atoms with Gasteiger partial charge in [-0.3, -0.25) is 10.1 Å². The minimum absolute atomic E-state index is 0.0550. The zero-order valence-electron chi connectivity index (χ0n) is 6.23. The van der Waals surface area contributed by atoms with Crippen LogP contribution in [0.3, 0.4) is 0 Å². The first-order valence-electron chi connectivity index (χ1n) is 3.17. The monoisotopic (exact) mass is 198 g/mol. The van der Waals surface area contributed by atoms with Gasteiger partial charge >= 0.3 is 0 Å². The van der Waals surface area contributed by atoms with Gasteiger partial charge in [-0.05, 0) is 18.3 Å². The Bertz CT molecular complexity index is 401. The summed E-state index contributed by atoms with van der Waals surface area (Å²) in [5, 5.41) is 12.2. The van der Waals surface area contributed by atoms with Crippen molar-refractivity contribution in [3.63, 3.8) is 0 Å². The molecule has 0 amide bonds. The molecule has 0 aliphatic rings. The molecule has 6 heteroatoms. The van der Waals surface area contributed by atoms with Gasteiger partial charge in [-0.1, -0.05) is 0 Å². The Kier molecular flexibility index (Phi) is 2.79. The Morgan fingerprint density at radius 1 is 1.62 bits per heavy atom. The quantitative estimate of drug-likeness (QED) is 0.317. The van der Waals surface area contributed by atoms with Crippen LogP contribution in [0.25, 0.3) is 0 Å². The molecular formula is C7H3FN2O2S. The van der Waals surface area contributed by atoms with Crippen LogP contribution >= 0.6 is 12.2 Å². The fourth-order valence-electron chi connectivity index (χ4n) is 0.749. The van der Waals surface area contributed by atoms with Gasteiger partial charge in [-0.25, -0.2) is 4.39 Å². The maximum Gasteiger partial charge on any atom is 0.272 e. The van der Waals surface area contributed by atoms with Gasteiger partial charge in [0.2, 0.25) is 0 Å². The molecule has 0 aromatic heterocycles. The van der Waals surface area contributed by atoms with Crippen molar-refractivity contribution >= 4 is 28.8 Å². The van der Waals surface area contributed by atoms with Gasteiger partial charge in [0.1, 0.15) is 5.69 Å². The number of isothiocyanates is 1. The molecule has 66 valence electrons. The minimum Gasteiger partial charge on any atom is -0.258 e. The number of benzene rings is 1. The van der Waals surface area contributed by atoms with Gasteiger partial charge in [-0.2, -0.15) is 4.99 Å². The number of aliphatic imine (C=N–C) groups is 1. The zero-order chi connectivity index (χ0) is 9.84. The lowest BCUT2D eigenvalue weighted by Crippen LogP contribution is -1.88. The number of non-ortho nitro benzene ring substituents is 1. The summed E-state index contributed by atoms with van der Waals surface area (Å²) in [6, 6.07) is 3.10. The van der Waals surface area contributed by atoms with Gasteiger partial charge in [-0.15, -0.1) is 0 Å². The van der Waals surface area contributed by atoms with E-state index in [2.05, 4.69) is 17.2 Å². The summed E-state index contributed by atoms with van der Waals surface area (Å²) in [5.74, 6) is -0.786. The first-order valence-corrected chi connectivity index (χ1v) is 3.58. The number of thiocarbonyl (C=S) groups is 1. The number of hydrogen-bond donors (Lipinski definition) is 0. The average Bonchev–Trinajstić information content (AvgIpc) is 2.08. The van der Waals surface area contributed by atoms with Gasteiger partial charge in [0.25, 0.3) is 5.69 Å². The molecule has 0 N–H and O–H groups in total. The molecule has 1 aromatic rings. The molecule has 0 fully saturated rings. The Morgan fingerprint density at radius 3 is 2.77 bits per heavy atom. The van der Waals surface area contributed by atoms with Crippen molar-refractivity contribution in [2.75, 3.05) is 0 Å². The van der Waals surface area contributed by atoms with E-state index in [-0.39, 0.29) is 11.4 Å². The number of rotatable bonds is 2. The van der Waals surface area contributed by atoms with Crippen LogP contribution < -0.4 is 0 Å². The van der Waals surface area contributed by atoms with E-state index >= 15 is 0 Å². The van der Waals surface area contributed by atoms with E-state index in [1.165, 1.54) is 6.07 Å². The number of nitro groups is 1. The lowest BCUT2D eigenvalue weighted by Gasteiger charge is -1.93. The average molecular weight is 198 g/mol. The molecule has 0 saturated heterocycles. The zero-order valence-corrected chi connectivity index (χ0v) is 7.05. The maximum absolute atomic E-state index is 12.9. The Balaban J connectivity index is 3.19. The highest BCUT2D eigenvalue weighted by Gasteiger charge is 2.09. The fourth-order valence-corrected chi connectivity index (χ4v) is 0.848. The van der Waals surface area contributed by atoms with E-state index in [1.807, 2.05) is 5.16 Å². The van der Waals surface area contributed by atoms with Gasteiger partial charge in [0, 0.05) is 6.07 Å². The molecule has 1 aromatic carbocycles. The summed E-state index contributed by atoms with van der Waals surface area (Å²) in [4.78, 5) is 12.9. The van der Waals surface area contributed by atoms with Crippen molar-refractivity contribution < 1.29 is 9.31 Å². The Labute approximate surface area is 77.9 Å². The number of nitrogens with zero attached hydrogens (tertiary/aromatic N) is 2. The van der Waals surface area contributed by atoms with Crippen LogP contribution in [-0.2, 0) is 0 Å². The van der Waals surface area contributed by atoms with E-state index in [1.54, 1.807) is 0 Å². The van der Waals surface area contributed by atoms with Crippen LogP contribution in [0.4, 0.5) is 15.8 Å². The van der Waals surface area contributed by atoms with Gasteiger partial charge < -0.3 is 0 Å². The second kappa shape index (κ2) is 3.84. The van der Waals surface area contributed by atoms with E-state index in [4.69, 9.17) is 0 Å². The lowest BCUT2D eigenvalue weighted by atomic mass is 10.3. The fraction of sp³-hybridized carbons (Fsp3) is 0. The second-order valence-electron chi connectivity index (χ2n) is 2.10. The topological polar surface area (TPSA) is 55.5 Å². The molecule has 0 bridgehead atoms. The van der Waals surface area contributed by atoms with Crippen LogP contribution in [-0.4, -0.2) is 10.1 Å². The Morgan fingerprint density at radius 2 is 2.31 bits per heavy atom. The molecular weight excluding hydrogens is 195 g/mol. The third-order valence-electron chi connectivity index (χ3n) is 1.31. The van der Waals surface area contributed by atoms with Crippen molar-refractivity contribution in [3.05, 3.63) is 34.1 Å². The molecule has 0 radical (unpaired) electrons. The number of halogens is 1. The third-order valence-corrected chi connectivity index (χ3v) is 1.40. The Hall–Kier alpha value is -1.65. The molecule has 0 heterocycles. The van der Waals surface area contributed by atoms with Crippen molar-refractivity contribution in [2.24, 2.45) is 4.99 Å². The van der Waals surface area contributed by atoms with Crippen LogP contribution in [0.1, 0.15) is 0 Å². The van der Waals surface area contributed by atoms with Crippen LogP contribution in [0, 0.1) is 15.9 Å². The van der Waals surface area contributed by atoms with Crippen molar-refractivity contribution in [3.8, 4) is 0 Å². The third kappa shape index (κ3) is 2.14. The predicted octanol–water partition coefficient (Wildman–Crippen LogP) is 2.47. The molecule has 0 aliphatic carbocycles. The van der Waals surface area contributed by atoms with Crippen LogP contribution in [0.5, 0.6) is 0 Å². The smallest absolute Gasteiger partial charge is 0.258 e. The summed E-state index contributed by atoms with van der Waals surface area (Å²) >= 11 is 4.26. The molecule has 1 rings (SSSR count). The predicted molar refractivity (Wildman–Crippen MR) is 47.7 cm³/mol.